The number of nitrogen functional groups attached to an aromatic ring is 1. The Kier molecular flexibility index (Phi) is 1.35. The number of nitrogens with one attached hydrogen (secondary N) is 1. The molecule has 0 aliphatic heterocycles. The Morgan fingerprint density at radius 1 is 1.89 bits per heavy atom. The second kappa shape index (κ2) is 2.17. The molecular formula is C4H6N4O. The summed E-state index contributed by atoms with van der Waals surface area (Å²) < 4.78 is 1.22. The molecule has 0 aromatic carbocycles. The highest BCUT2D eigenvalue weighted by Gasteiger charge is 1.92. The molecule has 48 valence electrons. The maximum Gasteiger partial charge on any atom is 0.212 e. The summed E-state index contributed by atoms with van der Waals surface area (Å²) in [4.78, 5) is 13.5. The zero-order chi connectivity index (χ0) is 6.69. The Hall–Kier alpha value is -1.52. The highest BCUT2D eigenvalue weighted by Crippen LogP contribution is 1.97. The van der Waals surface area contributed by atoms with Gasteiger partial charge in [-0.25, -0.2) is 9.66 Å². The van der Waals surface area contributed by atoms with E-state index in [1.807, 2.05) is 0 Å². The van der Waals surface area contributed by atoms with Gasteiger partial charge in [-0.1, -0.05) is 0 Å². The van der Waals surface area contributed by atoms with Crippen molar-refractivity contribution in [2.45, 2.75) is 0 Å². The smallest absolute Gasteiger partial charge is 0.212 e. The van der Waals surface area contributed by atoms with Gasteiger partial charge in [0.2, 0.25) is 6.41 Å². The molecule has 1 amide bonds. The first-order chi connectivity index (χ1) is 4.34. The molecule has 1 rings (SSSR count). The first kappa shape index (κ1) is 5.61. The lowest BCUT2D eigenvalue weighted by atomic mass is 10.7. The highest BCUT2D eigenvalue weighted by atomic mass is 16.1. The van der Waals surface area contributed by atoms with Crippen LogP contribution in [0, 0.1) is 0 Å². The molecule has 0 radical (unpaired) electrons. The number of rotatable bonds is 2. The van der Waals surface area contributed by atoms with Crippen LogP contribution < -0.4 is 11.2 Å². The number of hydrogen-bond acceptors (Lipinski definition) is 3. The average molecular weight is 126 g/mol. The summed E-state index contributed by atoms with van der Waals surface area (Å²) in [5.74, 6) is 5.74. The third-order valence-corrected chi connectivity index (χ3v) is 0.873. The normalized spacial score (nSPS) is 8.89. The predicted octanol–water partition coefficient (Wildman–Crippen LogP) is -0.835. The maximum absolute atomic E-state index is 9.82. The molecule has 0 saturated carbocycles. The molecular weight excluding hydrogens is 120 g/mol. The van der Waals surface area contributed by atoms with Gasteiger partial charge in [-0.2, -0.15) is 0 Å². The third-order valence-electron chi connectivity index (χ3n) is 0.873. The van der Waals surface area contributed by atoms with E-state index in [0.717, 1.165) is 0 Å². The molecule has 0 aliphatic carbocycles. The van der Waals surface area contributed by atoms with Gasteiger partial charge in [-0.05, 0) is 0 Å². The van der Waals surface area contributed by atoms with Gasteiger partial charge in [-0.15, -0.1) is 0 Å². The molecule has 0 bridgehead atoms. The number of carbonyl (C=O) groups is 1. The summed E-state index contributed by atoms with van der Waals surface area (Å²) >= 11 is 0. The van der Waals surface area contributed by atoms with Crippen LogP contribution in [-0.2, 0) is 4.79 Å². The molecule has 9 heavy (non-hydrogen) atoms. The molecule has 5 nitrogen and oxygen atoms in total. The average Bonchev–Trinajstić information content (AvgIpc) is 2.18. The fraction of sp³-hybridized carbons (Fsp3) is 0. The Morgan fingerprint density at radius 2 is 2.67 bits per heavy atom. The van der Waals surface area contributed by atoms with Crippen molar-refractivity contribution in [1.29, 1.82) is 0 Å². The monoisotopic (exact) mass is 126 g/mol. The number of carbonyl (C=O) groups excluding carboxylic acids is 1. The van der Waals surface area contributed by atoms with E-state index in [-0.39, 0.29) is 0 Å². The SMILES string of the molecule is Nn1cncc1NC=O. The second-order valence-corrected chi connectivity index (χ2v) is 1.45. The Bertz CT molecular complexity index is 206. The Labute approximate surface area is 51.5 Å². The highest BCUT2D eigenvalue weighted by molar-refractivity contribution is 5.68. The zero-order valence-electron chi connectivity index (χ0n) is 4.61. The van der Waals surface area contributed by atoms with E-state index >= 15 is 0 Å². The van der Waals surface area contributed by atoms with E-state index in [4.69, 9.17) is 5.84 Å². The molecule has 0 saturated heterocycles. The summed E-state index contributed by atoms with van der Waals surface area (Å²) in [5.41, 5.74) is 0. The van der Waals surface area contributed by atoms with Crippen LogP contribution in [0.4, 0.5) is 5.82 Å². The van der Waals surface area contributed by atoms with Crippen molar-refractivity contribution in [2.24, 2.45) is 0 Å². The van der Waals surface area contributed by atoms with Gasteiger partial charge in [0.1, 0.15) is 6.33 Å². The molecule has 0 atom stereocenters. The molecule has 1 aromatic rings. The minimum atomic E-state index is 0.477. The summed E-state index contributed by atoms with van der Waals surface area (Å²) in [6.07, 6.45) is 3.39. The van der Waals surface area contributed by atoms with Crippen LogP contribution in [0.25, 0.3) is 0 Å². The first-order valence-corrected chi connectivity index (χ1v) is 2.32. The standard InChI is InChI=1S/C4H6N4O/c5-8-2-6-1-4(8)7-3-9/h1-3H,5H2,(H,7,9). The van der Waals surface area contributed by atoms with Crippen LogP contribution in [0.2, 0.25) is 0 Å². The molecule has 3 N–H and O–H groups in total. The van der Waals surface area contributed by atoms with Crippen molar-refractivity contribution in [3.63, 3.8) is 0 Å². The third kappa shape index (κ3) is 0.987. The largest absolute Gasteiger partial charge is 0.336 e. The van der Waals surface area contributed by atoms with Crippen LogP contribution in [-0.4, -0.2) is 16.1 Å². The topological polar surface area (TPSA) is 72.9 Å². The fourth-order valence-electron chi connectivity index (χ4n) is 0.477. The van der Waals surface area contributed by atoms with E-state index in [2.05, 4.69) is 10.3 Å². The predicted molar refractivity (Wildman–Crippen MR) is 32.1 cm³/mol. The molecule has 1 heterocycles. The number of anilines is 1. The minimum absolute atomic E-state index is 0.477. The molecule has 5 heteroatoms. The van der Waals surface area contributed by atoms with Crippen LogP contribution in [0.15, 0.2) is 12.5 Å². The quantitative estimate of drug-likeness (QED) is 0.401. The molecule has 1 aromatic heterocycles. The lowest BCUT2D eigenvalue weighted by Crippen LogP contribution is -2.10. The number of imidazole rings is 1. The van der Waals surface area contributed by atoms with Gasteiger partial charge < -0.3 is 11.2 Å². The number of nitrogens with two attached hydrogens (primary N) is 1. The van der Waals surface area contributed by atoms with Crippen molar-refractivity contribution in [1.82, 2.24) is 9.66 Å². The van der Waals surface area contributed by atoms with Crippen LogP contribution in [0.1, 0.15) is 0 Å². The molecule has 0 spiro atoms. The van der Waals surface area contributed by atoms with Crippen LogP contribution >= 0.6 is 0 Å². The van der Waals surface area contributed by atoms with Gasteiger partial charge in [0, 0.05) is 0 Å². The van der Waals surface area contributed by atoms with Gasteiger partial charge in [-0.3, -0.25) is 4.79 Å². The summed E-state index contributed by atoms with van der Waals surface area (Å²) in [6.45, 7) is 0. The van der Waals surface area contributed by atoms with Crippen molar-refractivity contribution in [3.05, 3.63) is 12.5 Å². The van der Waals surface area contributed by atoms with Crippen molar-refractivity contribution in [3.8, 4) is 0 Å². The van der Waals surface area contributed by atoms with Gasteiger partial charge >= 0.3 is 0 Å². The lowest BCUT2D eigenvalue weighted by Gasteiger charge is -1.95. The zero-order valence-corrected chi connectivity index (χ0v) is 4.61. The number of amides is 1. The molecule has 0 aliphatic rings. The van der Waals surface area contributed by atoms with Gasteiger partial charge in [0.15, 0.2) is 5.82 Å². The summed E-state index contributed by atoms with van der Waals surface area (Å²) in [6, 6.07) is 0. The van der Waals surface area contributed by atoms with E-state index < -0.39 is 0 Å². The van der Waals surface area contributed by atoms with E-state index in [1.165, 1.54) is 17.2 Å². The fourth-order valence-corrected chi connectivity index (χ4v) is 0.477. The van der Waals surface area contributed by atoms with E-state index in [9.17, 15) is 4.79 Å². The molecule has 0 unspecified atom stereocenters. The Balaban J connectivity index is 2.80. The van der Waals surface area contributed by atoms with E-state index in [1.54, 1.807) is 0 Å². The maximum atomic E-state index is 9.82. The summed E-state index contributed by atoms with van der Waals surface area (Å²) in [5, 5.41) is 2.35. The van der Waals surface area contributed by atoms with Crippen LogP contribution in [0.3, 0.4) is 0 Å². The Morgan fingerprint density at radius 3 is 3.11 bits per heavy atom. The van der Waals surface area contributed by atoms with Crippen molar-refractivity contribution >= 4 is 12.2 Å². The van der Waals surface area contributed by atoms with Crippen molar-refractivity contribution in [2.75, 3.05) is 11.2 Å². The first-order valence-electron chi connectivity index (χ1n) is 2.32. The number of hydrogen-bond donors (Lipinski definition) is 2. The van der Waals surface area contributed by atoms with E-state index in [0.29, 0.717) is 12.2 Å². The molecule has 0 fully saturated rings. The van der Waals surface area contributed by atoms with Gasteiger partial charge in [0.25, 0.3) is 0 Å². The number of aromatic nitrogens is 2. The summed E-state index contributed by atoms with van der Waals surface area (Å²) in [7, 11) is 0. The second-order valence-electron chi connectivity index (χ2n) is 1.45. The van der Waals surface area contributed by atoms with Gasteiger partial charge in [0.05, 0.1) is 6.20 Å². The minimum Gasteiger partial charge on any atom is -0.336 e. The van der Waals surface area contributed by atoms with Crippen LogP contribution in [0.5, 0.6) is 0 Å². The lowest BCUT2D eigenvalue weighted by molar-refractivity contribution is -0.105. The number of nitrogens with zero attached hydrogens (tertiary/aromatic N) is 2. The van der Waals surface area contributed by atoms with Crippen molar-refractivity contribution < 1.29 is 4.79 Å².